The zero-order valence-corrected chi connectivity index (χ0v) is 19.1. The first kappa shape index (κ1) is 23.0. The number of anilines is 1. The van der Waals surface area contributed by atoms with Gasteiger partial charge in [0, 0.05) is 5.69 Å². The van der Waals surface area contributed by atoms with Gasteiger partial charge in [-0.3, -0.25) is 4.79 Å². The Hall–Kier alpha value is -3.63. The van der Waals surface area contributed by atoms with E-state index in [4.69, 9.17) is 9.47 Å². The Labute approximate surface area is 194 Å². The Balaban J connectivity index is 1.82. The van der Waals surface area contributed by atoms with Gasteiger partial charge in [-0.25, -0.2) is 4.39 Å². The SMILES string of the molecule is COc1cc(/C=C(/C#N)C(=O)Nc2ccccc2C)cc(Br)c1OCc1ccc(F)cc1. The molecule has 1 amide bonds. The van der Waals surface area contributed by atoms with E-state index in [-0.39, 0.29) is 18.0 Å². The molecule has 5 nitrogen and oxygen atoms in total. The second kappa shape index (κ2) is 10.6. The number of halogens is 2. The predicted octanol–water partition coefficient (Wildman–Crippen LogP) is 6.03. The lowest BCUT2D eigenvalue weighted by Crippen LogP contribution is -2.14. The summed E-state index contributed by atoms with van der Waals surface area (Å²) < 4.78 is 25.0. The number of carbonyl (C=O) groups is 1. The van der Waals surface area contributed by atoms with Gasteiger partial charge in [0.05, 0.1) is 11.6 Å². The third-order valence-corrected chi connectivity index (χ3v) is 5.21. The summed E-state index contributed by atoms with van der Waals surface area (Å²) in [7, 11) is 1.50. The highest BCUT2D eigenvalue weighted by Crippen LogP contribution is 2.37. The van der Waals surface area contributed by atoms with Crippen molar-refractivity contribution < 1.29 is 18.7 Å². The largest absolute Gasteiger partial charge is 0.493 e. The minimum absolute atomic E-state index is 0.0535. The smallest absolute Gasteiger partial charge is 0.266 e. The predicted molar refractivity (Wildman–Crippen MR) is 125 cm³/mol. The zero-order valence-electron chi connectivity index (χ0n) is 17.5. The van der Waals surface area contributed by atoms with Crippen molar-refractivity contribution in [3.05, 3.63) is 93.2 Å². The second-order valence-electron chi connectivity index (χ2n) is 6.89. The van der Waals surface area contributed by atoms with E-state index in [2.05, 4.69) is 21.2 Å². The normalized spacial score (nSPS) is 10.9. The maximum absolute atomic E-state index is 13.1. The van der Waals surface area contributed by atoms with Crippen molar-refractivity contribution in [3.8, 4) is 17.6 Å². The van der Waals surface area contributed by atoms with Gasteiger partial charge in [-0.15, -0.1) is 0 Å². The number of nitrogens with zero attached hydrogens (tertiary/aromatic N) is 1. The van der Waals surface area contributed by atoms with E-state index >= 15 is 0 Å². The molecule has 0 aliphatic carbocycles. The molecule has 0 saturated heterocycles. The van der Waals surface area contributed by atoms with Gasteiger partial charge in [0.1, 0.15) is 24.1 Å². The van der Waals surface area contributed by atoms with E-state index in [1.165, 1.54) is 25.3 Å². The first-order valence-electron chi connectivity index (χ1n) is 9.65. The molecule has 0 heterocycles. The number of carbonyl (C=O) groups excluding carboxylic acids is 1. The summed E-state index contributed by atoms with van der Waals surface area (Å²) in [6.07, 6.45) is 1.48. The van der Waals surface area contributed by atoms with Crippen LogP contribution in [0.1, 0.15) is 16.7 Å². The fourth-order valence-electron chi connectivity index (χ4n) is 2.92. The standard InChI is InChI=1S/C25H20BrFN2O3/c1-16-5-3-4-6-22(16)29-25(30)19(14-28)11-18-12-21(26)24(23(13-18)31-2)32-15-17-7-9-20(27)10-8-17/h3-13H,15H2,1-2H3,(H,29,30)/b19-11-. The molecule has 7 heteroatoms. The Morgan fingerprint density at radius 1 is 1.19 bits per heavy atom. The number of methoxy groups -OCH3 is 1. The number of nitrogens with one attached hydrogen (secondary N) is 1. The number of nitriles is 1. The third kappa shape index (κ3) is 5.74. The molecule has 0 radical (unpaired) electrons. The van der Waals surface area contributed by atoms with Gasteiger partial charge in [0.2, 0.25) is 0 Å². The molecular formula is C25H20BrFN2O3. The number of hydrogen-bond donors (Lipinski definition) is 1. The number of hydrogen-bond acceptors (Lipinski definition) is 4. The van der Waals surface area contributed by atoms with Crippen LogP contribution in [0.2, 0.25) is 0 Å². The van der Waals surface area contributed by atoms with Crippen LogP contribution in [0.5, 0.6) is 11.5 Å². The fraction of sp³-hybridized carbons (Fsp3) is 0.120. The van der Waals surface area contributed by atoms with Crippen LogP contribution in [0.4, 0.5) is 10.1 Å². The van der Waals surface area contributed by atoms with Gasteiger partial charge in [-0.1, -0.05) is 30.3 Å². The van der Waals surface area contributed by atoms with E-state index in [0.29, 0.717) is 27.2 Å². The van der Waals surface area contributed by atoms with E-state index in [1.54, 1.807) is 30.3 Å². The van der Waals surface area contributed by atoms with Crippen molar-refractivity contribution in [2.45, 2.75) is 13.5 Å². The highest BCUT2D eigenvalue weighted by atomic mass is 79.9. The summed E-state index contributed by atoms with van der Waals surface area (Å²) in [6.45, 7) is 2.09. The summed E-state index contributed by atoms with van der Waals surface area (Å²) in [4.78, 5) is 12.6. The number of aryl methyl sites for hydroxylation is 1. The topological polar surface area (TPSA) is 71.3 Å². The Kier molecular flexibility index (Phi) is 7.63. The average molecular weight is 495 g/mol. The molecule has 3 aromatic rings. The van der Waals surface area contributed by atoms with Crippen molar-refractivity contribution >= 4 is 33.6 Å². The molecule has 1 N–H and O–H groups in total. The molecule has 3 aromatic carbocycles. The molecule has 32 heavy (non-hydrogen) atoms. The van der Waals surface area contributed by atoms with E-state index in [1.807, 2.05) is 31.2 Å². The number of ether oxygens (including phenoxy) is 2. The second-order valence-corrected chi connectivity index (χ2v) is 7.74. The van der Waals surface area contributed by atoms with E-state index in [9.17, 15) is 14.4 Å². The monoisotopic (exact) mass is 494 g/mol. The fourth-order valence-corrected chi connectivity index (χ4v) is 3.49. The Bertz CT molecular complexity index is 1200. The van der Waals surface area contributed by atoms with Crippen molar-refractivity contribution in [3.63, 3.8) is 0 Å². The van der Waals surface area contributed by atoms with Gasteiger partial charge in [0.15, 0.2) is 11.5 Å². The minimum Gasteiger partial charge on any atom is -0.493 e. The molecule has 0 unspecified atom stereocenters. The first-order valence-corrected chi connectivity index (χ1v) is 10.4. The average Bonchev–Trinajstić information content (AvgIpc) is 2.79. The lowest BCUT2D eigenvalue weighted by atomic mass is 10.1. The highest BCUT2D eigenvalue weighted by molar-refractivity contribution is 9.10. The molecule has 0 atom stereocenters. The van der Waals surface area contributed by atoms with E-state index in [0.717, 1.165) is 11.1 Å². The molecule has 0 bridgehead atoms. The van der Waals surface area contributed by atoms with Crippen LogP contribution in [0, 0.1) is 24.1 Å². The van der Waals surface area contributed by atoms with Gasteiger partial charge in [0.25, 0.3) is 5.91 Å². The van der Waals surface area contributed by atoms with Crippen molar-refractivity contribution in [2.75, 3.05) is 12.4 Å². The van der Waals surface area contributed by atoms with Gasteiger partial charge < -0.3 is 14.8 Å². The third-order valence-electron chi connectivity index (χ3n) is 4.62. The molecule has 3 rings (SSSR count). The maximum Gasteiger partial charge on any atom is 0.266 e. The Morgan fingerprint density at radius 3 is 2.56 bits per heavy atom. The summed E-state index contributed by atoms with van der Waals surface area (Å²) in [5.41, 5.74) is 2.86. The van der Waals surface area contributed by atoms with Crippen molar-refractivity contribution in [2.24, 2.45) is 0 Å². The van der Waals surface area contributed by atoms with Crippen LogP contribution in [0.25, 0.3) is 6.08 Å². The van der Waals surface area contributed by atoms with Crippen LogP contribution < -0.4 is 14.8 Å². The Morgan fingerprint density at radius 2 is 1.91 bits per heavy atom. The highest BCUT2D eigenvalue weighted by Gasteiger charge is 2.15. The van der Waals surface area contributed by atoms with Crippen LogP contribution in [-0.2, 0) is 11.4 Å². The quantitative estimate of drug-likeness (QED) is 0.321. The lowest BCUT2D eigenvalue weighted by molar-refractivity contribution is -0.112. The summed E-state index contributed by atoms with van der Waals surface area (Å²) in [5.74, 6) is 0.0538. The zero-order chi connectivity index (χ0) is 23.1. The molecule has 0 aliphatic heterocycles. The molecule has 0 saturated carbocycles. The maximum atomic E-state index is 13.1. The molecule has 0 spiro atoms. The van der Waals surface area contributed by atoms with Crippen molar-refractivity contribution in [1.29, 1.82) is 5.26 Å². The van der Waals surface area contributed by atoms with Crippen LogP contribution >= 0.6 is 15.9 Å². The lowest BCUT2D eigenvalue weighted by Gasteiger charge is -2.14. The number of rotatable bonds is 7. The van der Waals surface area contributed by atoms with Gasteiger partial charge in [-0.2, -0.15) is 5.26 Å². The molecule has 0 fully saturated rings. The first-order chi connectivity index (χ1) is 15.4. The summed E-state index contributed by atoms with van der Waals surface area (Å²) in [6, 6.07) is 18.7. The summed E-state index contributed by atoms with van der Waals surface area (Å²) >= 11 is 3.46. The number of amides is 1. The van der Waals surface area contributed by atoms with Gasteiger partial charge in [-0.05, 0) is 76.0 Å². The molecule has 162 valence electrons. The van der Waals surface area contributed by atoms with Crippen LogP contribution in [-0.4, -0.2) is 13.0 Å². The van der Waals surface area contributed by atoms with E-state index < -0.39 is 5.91 Å². The molecule has 0 aromatic heterocycles. The van der Waals surface area contributed by atoms with Crippen LogP contribution in [0.15, 0.2) is 70.7 Å². The molecule has 0 aliphatic rings. The van der Waals surface area contributed by atoms with Crippen molar-refractivity contribution in [1.82, 2.24) is 0 Å². The minimum atomic E-state index is -0.506. The van der Waals surface area contributed by atoms with Gasteiger partial charge >= 0.3 is 0 Å². The number of para-hydroxylation sites is 1. The van der Waals surface area contributed by atoms with Crippen LogP contribution in [0.3, 0.4) is 0 Å². The molecular weight excluding hydrogens is 475 g/mol. The summed E-state index contributed by atoms with van der Waals surface area (Å²) in [5, 5.41) is 12.3. The number of benzene rings is 3.